The zero-order chi connectivity index (χ0) is 9.28. The van der Waals surface area contributed by atoms with E-state index < -0.39 is 19.9 Å². The van der Waals surface area contributed by atoms with Gasteiger partial charge in [0.2, 0.25) is 0 Å². The molecule has 0 spiro atoms. The van der Waals surface area contributed by atoms with Crippen LogP contribution in [0.15, 0.2) is 0 Å². The topological polar surface area (TPSA) is 121 Å². The second-order valence-corrected chi connectivity index (χ2v) is 7.03. The van der Waals surface area contributed by atoms with Crippen molar-refractivity contribution in [3.63, 3.8) is 0 Å². The molecule has 0 aliphatic rings. The summed E-state index contributed by atoms with van der Waals surface area (Å²) in [6.45, 7) is 0. The molecule has 0 aliphatic carbocycles. The van der Waals surface area contributed by atoms with Crippen LogP contribution >= 0.6 is 27.0 Å². The van der Waals surface area contributed by atoms with E-state index >= 15 is 0 Å². The van der Waals surface area contributed by atoms with Crippen LogP contribution in [0.5, 0.6) is 0 Å². The fourth-order valence-electron chi connectivity index (χ4n) is 0.451. The number of thioether (sulfide) groups is 1. The second-order valence-electron chi connectivity index (χ2n) is 1.69. The Morgan fingerprint density at radius 2 is 1.54 bits per heavy atom. The van der Waals surface area contributed by atoms with Gasteiger partial charge in [0.05, 0.1) is 0 Å². The van der Waals surface area contributed by atoms with Crippen LogP contribution in [0.4, 0.5) is 0 Å². The van der Waals surface area contributed by atoms with Crippen LogP contribution < -0.4 is 68.9 Å². The van der Waals surface area contributed by atoms with Gasteiger partial charge in [0.1, 0.15) is 4.73 Å². The maximum atomic E-state index is 10.3. The van der Waals surface area contributed by atoms with Gasteiger partial charge in [-0.2, -0.15) is 0 Å². The van der Waals surface area contributed by atoms with Gasteiger partial charge in [-0.15, -0.1) is 11.8 Å². The molecule has 11 heteroatoms. The number of hydrogen-bond donors (Lipinski definition) is 2. The Morgan fingerprint density at radius 1 is 1.23 bits per heavy atom. The van der Waals surface area contributed by atoms with E-state index in [1.54, 1.807) is 0 Å². The van der Waals surface area contributed by atoms with E-state index in [4.69, 9.17) is 9.79 Å². The van der Waals surface area contributed by atoms with Crippen molar-refractivity contribution in [2.45, 2.75) is 4.73 Å². The molecule has 0 fully saturated rings. The van der Waals surface area contributed by atoms with Crippen molar-refractivity contribution in [2.24, 2.45) is 0 Å². The van der Waals surface area contributed by atoms with Crippen molar-refractivity contribution in [3.8, 4) is 0 Å². The van der Waals surface area contributed by atoms with Gasteiger partial charge < -0.3 is 24.1 Å². The second kappa shape index (κ2) is 7.85. The average Bonchev–Trinajstić information content (AvgIpc) is 1.56. The molecule has 0 aromatic heterocycles. The molecule has 68 valence electrons. The fraction of sp³-hybridized carbons (Fsp3) is 1.00. The number of hydrogen-bond acceptors (Lipinski definition) is 5. The molecule has 2 N–H and O–H groups in total. The monoisotopic (exact) mass is 266 g/mol. The minimum atomic E-state index is -5.20. The molecule has 0 saturated carbocycles. The maximum Gasteiger partial charge on any atom is 1.00 e. The van der Waals surface area contributed by atoms with Crippen LogP contribution in [0.1, 0.15) is 0 Å². The Bertz CT molecular complexity index is 201. The SMILES string of the molecule is CSC(P(=O)([O-])[O-])P(=O)(O)O.[Na+].[Na+]. The van der Waals surface area contributed by atoms with Crippen molar-refractivity contribution in [1.29, 1.82) is 0 Å². The van der Waals surface area contributed by atoms with E-state index in [0.717, 1.165) is 6.26 Å². The average molecular weight is 266 g/mol. The predicted octanol–water partition coefficient (Wildman–Crippen LogP) is -7.27. The predicted molar refractivity (Wildman–Crippen MR) is 37.0 cm³/mol. The van der Waals surface area contributed by atoms with Crippen molar-refractivity contribution >= 4 is 27.0 Å². The van der Waals surface area contributed by atoms with Crippen LogP contribution in [0.25, 0.3) is 0 Å². The van der Waals surface area contributed by atoms with E-state index in [-0.39, 0.29) is 59.1 Å². The Labute approximate surface area is 124 Å². The van der Waals surface area contributed by atoms with E-state index in [1.807, 2.05) is 0 Å². The largest absolute Gasteiger partial charge is 1.00 e. The summed E-state index contributed by atoms with van der Waals surface area (Å²) in [5.41, 5.74) is 0. The maximum absolute atomic E-state index is 10.3. The van der Waals surface area contributed by atoms with E-state index in [0.29, 0.717) is 11.8 Å². The Balaban J connectivity index is -0.000000500. The molecule has 0 aromatic rings. The van der Waals surface area contributed by atoms with Crippen LogP contribution in [-0.2, 0) is 9.13 Å². The summed E-state index contributed by atoms with van der Waals surface area (Å²) in [5, 5.41) is 0. The van der Waals surface area contributed by atoms with Gasteiger partial charge in [0.15, 0.2) is 0 Å². The standard InChI is InChI=1S/C2H8O6P2S.2Na/c1-11-2(9(3,4)5)10(6,7)8;;/h2H,1H3,(H2,3,4,5)(H2,6,7,8);;/q;2*+1/p-2. The first-order valence-electron chi connectivity index (χ1n) is 2.29. The molecule has 0 rings (SSSR count). The fourth-order valence-corrected chi connectivity index (χ4v) is 4.06. The van der Waals surface area contributed by atoms with Crippen molar-refractivity contribution < 1.29 is 87.8 Å². The van der Waals surface area contributed by atoms with Gasteiger partial charge in [-0.1, -0.05) is 0 Å². The van der Waals surface area contributed by atoms with Gasteiger partial charge in [-0.3, -0.25) is 4.57 Å². The van der Waals surface area contributed by atoms with E-state index in [2.05, 4.69) is 0 Å². The third-order valence-electron chi connectivity index (χ3n) is 0.769. The van der Waals surface area contributed by atoms with Gasteiger partial charge in [-0.05, 0) is 13.9 Å². The first-order chi connectivity index (χ1) is 4.69. The summed E-state index contributed by atoms with van der Waals surface area (Å²) in [6.07, 6.45) is 1.15. The van der Waals surface area contributed by atoms with Crippen molar-refractivity contribution in [1.82, 2.24) is 0 Å². The third-order valence-corrected chi connectivity index (χ3v) is 6.92. The summed E-state index contributed by atoms with van der Waals surface area (Å²) in [4.78, 5) is 37.0. The molecule has 1 unspecified atom stereocenters. The third kappa shape index (κ3) is 8.46. The Hall–Kier alpha value is 2.65. The first kappa shape index (κ1) is 21.0. The van der Waals surface area contributed by atoms with E-state index in [9.17, 15) is 18.9 Å². The summed E-state index contributed by atoms with van der Waals surface area (Å²) in [6, 6.07) is 0. The summed E-state index contributed by atoms with van der Waals surface area (Å²) in [5.74, 6) is 0. The van der Waals surface area contributed by atoms with Gasteiger partial charge >= 0.3 is 66.7 Å². The Morgan fingerprint density at radius 3 is 1.54 bits per heavy atom. The van der Waals surface area contributed by atoms with E-state index in [1.165, 1.54) is 0 Å². The number of rotatable bonds is 3. The first-order valence-corrected chi connectivity index (χ1v) is 6.87. The summed E-state index contributed by atoms with van der Waals surface area (Å²) < 4.78 is 18.3. The molecule has 0 bridgehead atoms. The normalized spacial score (nSPS) is 13.9. The molecule has 0 saturated heterocycles. The smallest absolute Gasteiger partial charge is 0.810 e. The molecule has 0 aliphatic heterocycles. The zero-order valence-corrected chi connectivity index (χ0v) is 14.0. The molecule has 6 nitrogen and oxygen atoms in total. The van der Waals surface area contributed by atoms with Crippen LogP contribution in [0, 0.1) is 0 Å². The van der Waals surface area contributed by atoms with Gasteiger partial charge in [0, 0.05) is 0 Å². The van der Waals surface area contributed by atoms with Crippen LogP contribution in [0.3, 0.4) is 0 Å². The minimum Gasteiger partial charge on any atom is -0.810 e. The molecular formula is C2H6Na2O6P2S. The molecule has 0 radical (unpaired) electrons. The molecular weight excluding hydrogens is 260 g/mol. The van der Waals surface area contributed by atoms with Gasteiger partial charge in [0.25, 0.3) is 0 Å². The van der Waals surface area contributed by atoms with Crippen molar-refractivity contribution in [3.05, 3.63) is 0 Å². The van der Waals surface area contributed by atoms with Gasteiger partial charge in [-0.25, -0.2) is 0 Å². The molecule has 0 aromatic carbocycles. The minimum absolute atomic E-state index is 0. The van der Waals surface area contributed by atoms with Crippen LogP contribution in [-0.4, -0.2) is 20.8 Å². The summed E-state index contributed by atoms with van der Waals surface area (Å²) in [7, 11) is -10.0. The molecule has 0 amide bonds. The quantitative estimate of drug-likeness (QED) is 0.384. The zero-order valence-electron chi connectivity index (χ0n) is 7.41. The van der Waals surface area contributed by atoms with Crippen molar-refractivity contribution in [2.75, 3.05) is 6.26 Å². The molecule has 0 heterocycles. The summed E-state index contributed by atoms with van der Waals surface area (Å²) >= 11 is 0.333. The molecule has 1 atom stereocenters. The Kier molecular flexibility index (Phi) is 12.7. The molecule has 13 heavy (non-hydrogen) atoms. The van der Waals surface area contributed by atoms with Crippen LogP contribution in [0.2, 0.25) is 0 Å².